The highest BCUT2D eigenvalue weighted by Crippen LogP contribution is 2.48. The van der Waals surface area contributed by atoms with E-state index >= 15 is 0 Å². The maximum absolute atomic E-state index is 2.61. The van der Waals surface area contributed by atoms with Gasteiger partial charge in [-0.25, -0.2) is 0 Å². The topological polar surface area (TPSA) is 0 Å². The van der Waals surface area contributed by atoms with Gasteiger partial charge in [-0.1, -0.05) is 52.2 Å². The summed E-state index contributed by atoms with van der Waals surface area (Å²) in [6.07, 6.45) is 24.3. The number of hydrogen-bond donors (Lipinski definition) is 0. The smallest absolute Gasteiger partial charge is 0.0233 e. The molecule has 0 amide bonds. The largest absolute Gasteiger partial charge is 0.0883 e. The molecule has 0 aromatic heterocycles. The van der Waals surface area contributed by atoms with Crippen LogP contribution in [0.4, 0.5) is 0 Å². The molecule has 0 aliphatic heterocycles. The molecule has 0 bridgehead atoms. The Balaban J connectivity index is 1.43. The van der Waals surface area contributed by atoms with E-state index in [0.29, 0.717) is 0 Å². The van der Waals surface area contributed by atoms with Crippen molar-refractivity contribution in [1.82, 2.24) is 0 Å². The van der Waals surface area contributed by atoms with Crippen LogP contribution in [0.2, 0.25) is 0 Å². The van der Waals surface area contributed by atoms with Crippen LogP contribution >= 0.6 is 0 Å². The minimum Gasteiger partial charge on any atom is -0.0883 e. The molecule has 0 saturated heterocycles. The van der Waals surface area contributed by atoms with Crippen molar-refractivity contribution in [3.63, 3.8) is 0 Å². The minimum absolute atomic E-state index is 0.902. The zero-order chi connectivity index (χ0) is 17.6. The van der Waals surface area contributed by atoms with Crippen LogP contribution in [0.5, 0.6) is 0 Å². The fourth-order valence-corrected chi connectivity index (χ4v) is 6.57. The van der Waals surface area contributed by atoms with E-state index in [2.05, 4.69) is 32.9 Å². The number of hydrogen-bond acceptors (Lipinski definition) is 0. The number of rotatable bonds is 5. The molecule has 3 unspecified atom stereocenters. The lowest BCUT2D eigenvalue weighted by molar-refractivity contribution is 0.0671. The summed E-state index contributed by atoms with van der Waals surface area (Å²) in [4.78, 5) is 0. The first kappa shape index (κ1) is 19.5. The van der Waals surface area contributed by atoms with E-state index < -0.39 is 0 Å². The van der Waals surface area contributed by atoms with Crippen molar-refractivity contribution in [3.8, 4) is 0 Å². The second kappa shape index (κ2) is 9.61. The highest BCUT2D eigenvalue weighted by atomic mass is 14.4. The van der Waals surface area contributed by atoms with E-state index in [1.54, 1.807) is 32.1 Å². The molecule has 3 aliphatic carbocycles. The summed E-state index contributed by atoms with van der Waals surface area (Å²) in [7, 11) is 0. The van der Waals surface area contributed by atoms with Gasteiger partial charge in [0.15, 0.2) is 0 Å². The standard InChI is InChI=1S/C25H44/c1-4-5-6-7-21-10-14-23(15-11-21)25-17-16-24(18-20(25)3)22-12-8-19(2)9-13-22/h6-7,19-25H,4-5,8-18H2,1-3H3/b7-6+. The predicted molar refractivity (Wildman–Crippen MR) is 111 cm³/mol. The third-order valence-corrected chi connectivity index (χ3v) is 8.29. The van der Waals surface area contributed by atoms with Gasteiger partial charge in [0.25, 0.3) is 0 Å². The van der Waals surface area contributed by atoms with Crippen molar-refractivity contribution in [3.05, 3.63) is 12.2 Å². The molecule has 0 nitrogen and oxygen atoms in total. The van der Waals surface area contributed by atoms with Gasteiger partial charge in [-0.15, -0.1) is 0 Å². The summed E-state index contributed by atoms with van der Waals surface area (Å²) in [5, 5.41) is 0. The Morgan fingerprint density at radius 1 is 0.720 bits per heavy atom. The Labute approximate surface area is 158 Å². The maximum Gasteiger partial charge on any atom is -0.0233 e. The fraction of sp³-hybridized carbons (Fsp3) is 0.920. The fourth-order valence-electron chi connectivity index (χ4n) is 6.57. The zero-order valence-corrected chi connectivity index (χ0v) is 17.4. The molecule has 3 atom stereocenters. The van der Waals surface area contributed by atoms with Crippen LogP contribution in [-0.2, 0) is 0 Å². The van der Waals surface area contributed by atoms with Gasteiger partial charge in [-0.3, -0.25) is 0 Å². The molecule has 3 saturated carbocycles. The summed E-state index contributed by atoms with van der Waals surface area (Å²) in [6, 6.07) is 0. The molecule has 3 rings (SSSR count). The first-order valence-corrected chi connectivity index (χ1v) is 11.8. The average Bonchev–Trinajstić information content (AvgIpc) is 2.63. The van der Waals surface area contributed by atoms with Crippen LogP contribution in [-0.4, -0.2) is 0 Å². The lowest BCUT2D eigenvalue weighted by Gasteiger charge is -2.44. The normalized spacial score (nSPS) is 43.4. The SMILES string of the molecule is CCC/C=C/C1CCC(C2CCC(C3CCC(C)CC3)CC2C)CC1. The summed E-state index contributed by atoms with van der Waals surface area (Å²) < 4.78 is 0. The van der Waals surface area contributed by atoms with Gasteiger partial charge in [-0.05, 0) is 106 Å². The minimum atomic E-state index is 0.902. The van der Waals surface area contributed by atoms with E-state index in [1.165, 1.54) is 51.4 Å². The van der Waals surface area contributed by atoms with E-state index in [-0.39, 0.29) is 0 Å². The summed E-state index contributed by atoms with van der Waals surface area (Å²) in [5.41, 5.74) is 0. The van der Waals surface area contributed by atoms with E-state index in [1.807, 2.05) is 0 Å². The van der Waals surface area contributed by atoms with Crippen LogP contribution in [0.25, 0.3) is 0 Å². The van der Waals surface area contributed by atoms with E-state index in [4.69, 9.17) is 0 Å². The summed E-state index contributed by atoms with van der Waals surface area (Å²) in [6.45, 7) is 7.35. The van der Waals surface area contributed by atoms with Crippen molar-refractivity contribution < 1.29 is 0 Å². The Hall–Kier alpha value is -0.260. The van der Waals surface area contributed by atoms with Crippen molar-refractivity contribution in [1.29, 1.82) is 0 Å². The van der Waals surface area contributed by atoms with Crippen molar-refractivity contribution in [2.24, 2.45) is 41.4 Å². The van der Waals surface area contributed by atoms with Crippen LogP contribution in [0.1, 0.15) is 104 Å². The van der Waals surface area contributed by atoms with Crippen molar-refractivity contribution >= 4 is 0 Å². The molecule has 0 aromatic rings. The van der Waals surface area contributed by atoms with Gasteiger partial charge < -0.3 is 0 Å². The molecule has 0 heteroatoms. The van der Waals surface area contributed by atoms with Crippen LogP contribution in [0.15, 0.2) is 12.2 Å². The van der Waals surface area contributed by atoms with Gasteiger partial charge >= 0.3 is 0 Å². The summed E-state index contributed by atoms with van der Waals surface area (Å²) >= 11 is 0. The monoisotopic (exact) mass is 344 g/mol. The molecule has 0 N–H and O–H groups in total. The van der Waals surface area contributed by atoms with Gasteiger partial charge in [-0.2, -0.15) is 0 Å². The molecule has 0 spiro atoms. The highest BCUT2D eigenvalue weighted by molar-refractivity contribution is 4.93. The molecular weight excluding hydrogens is 300 g/mol. The first-order valence-electron chi connectivity index (χ1n) is 11.8. The van der Waals surface area contributed by atoms with Crippen molar-refractivity contribution in [2.45, 2.75) is 104 Å². The van der Waals surface area contributed by atoms with Gasteiger partial charge in [0, 0.05) is 0 Å². The van der Waals surface area contributed by atoms with Crippen LogP contribution < -0.4 is 0 Å². The number of unbranched alkanes of at least 4 members (excludes halogenated alkanes) is 1. The maximum atomic E-state index is 2.61. The number of allylic oxidation sites excluding steroid dienone is 2. The van der Waals surface area contributed by atoms with Gasteiger partial charge in [0.2, 0.25) is 0 Å². The van der Waals surface area contributed by atoms with E-state index in [9.17, 15) is 0 Å². The summed E-state index contributed by atoms with van der Waals surface area (Å²) in [5.74, 6) is 7.17. The molecule has 0 radical (unpaired) electrons. The second-order valence-corrected chi connectivity index (χ2v) is 10.1. The molecule has 3 aliphatic rings. The Morgan fingerprint density at radius 3 is 2.00 bits per heavy atom. The predicted octanol–water partition coefficient (Wildman–Crippen LogP) is 8.03. The van der Waals surface area contributed by atoms with Crippen LogP contribution in [0, 0.1) is 41.4 Å². The molecule has 3 fully saturated rings. The zero-order valence-electron chi connectivity index (χ0n) is 17.4. The Kier molecular flexibility index (Phi) is 7.50. The quantitative estimate of drug-likeness (QED) is 0.443. The molecule has 0 heterocycles. The highest BCUT2D eigenvalue weighted by Gasteiger charge is 2.37. The lowest BCUT2D eigenvalue weighted by atomic mass is 9.61. The van der Waals surface area contributed by atoms with Crippen molar-refractivity contribution in [2.75, 3.05) is 0 Å². The molecule has 144 valence electrons. The molecule has 0 aromatic carbocycles. The lowest BCUT2D eigenvalue weighted by Crippen LogP contribution is -2.34. The Morgan fingerprint density at radius 2 is 1.36 bits per heavy atom. The molecule has 25 heavy (non-hydrogen) atoms. The Bertz CT molecular complexity index is 392. The first-order chi connectivity index (χ1) is 12.2. The third kappa shape index (κ3) is 5.36. The second-order valence-electron chi connectivity index (χ2n) is 10.1. The average molecular weight is 345 g/mol. The van der Waals surface area contributed by atoms with Crippen LogP contribution in [0.3, 0.4) is 0 Å². The molecular formula is C25H44. The van der Waals surface area contributed by atoms with Gasteiger partial charge in [0.1, 0.15) is 0 Å². The van der Waals surface area contributed by atoms with Gasteiger partial charge in [0.05, 0.1) is 0 Å². The third-order valence-electron chi connectivity index (χ3n) is 8.29. The van der Waals surface area contributed by atoms with E-state index in [0.717, 1.165) is 41.4 Å².